The minimum Gasteiger partial charge on any atom is -0.493 e. The number of allylic oxidation sites excluding steroid dienone is 1. The Balaban J connectivity index is 1.65. The van der Waals surface area contributed by atoms with E-state index in [1.807, 2.05) is 25.1 Å². The summed E-state index contributed by atoms with van der Waals surface area (Å²) in [5.41, 5.74) is 3.19. The molecule has 0 saturated heterocycles. The van der Waals surface area contributed by atoms with Gasteiger partial charge in [0.15, 0.2) is 0 Å². The van der Waals surface area contributed by atoms with E-state index in [1.165, 1.54) is 18.2 Å². The summed E-state index contributed by atoms with van der Waals surface area (Å²) in [5, 5.41) is 4.05. The number of nitrogens with one attached hydrogen (secondary N) is 1. The number of anilines is 1. The molecule has 0 unspecified atom stereocenters. The van der Waals surface area contributed by atoms with E-state index in [0.717, 1.165) is 28.6 Å². The van der Waals surface area contributed by atoms with Gasteiger partial charge in [-0.15, -0.1) is 0 Å². The van der Waals surface area contributed by atoms with Crippen LogP contribution >= 0.6 is 11.6 Å². The number of amides is 1. The largest absolute Gasteiger partial charge is 0.493 e. The number of halogens is 4. The molecular weight excluding hydrogens is 479 g/mol. The number of benzene rings is 3. The maximum atomic E-state index is 12.8. The van der Waals surface area contributed by atoms with E-state index >= 15 is 0 Å². The van der Waals surface area contributed by atoms with Crippen LogP contribution in [-0.4, -0.2) is 12.5 Å². The van der Waals surface area contributed by atoms with Crippen LogP contribution in [-0.2, 0) is 11.0 Å². The van der Waals surface area contributed by atoms with Gasteiger partial charge in [-0.05, 0) is 67.4 Å². The second-order valence-electron chi connectivity index (χ2n) is 7.83. The fraction of sp³-hybridized carbons (Fsp3) is 0.148. The number of alkyl halides is 3. The molecule has 0 saturated carbocycles. The molecule has 0 fully saturated rings. The molecule has 0 bridgehead atoms. The third-order valence-corrected chi connectivity index (χ3v) is 5.63. The van der Waals surface area contributed by atoms with Crippen molar-refractivity contribution >= 4 is 39.7 Å². The molecule has 1 amide bonds. The topological polar surface area (TPSA) is 51.5 Å². The molecule has 0 radical (unpaired) electrons. The van der Waals surface area contributed by atoms with Crippen LogP contribution < -0.4 is 10.1 Å². The third kappa shape index (κ3) is 5.52. The van der Waals surface area contributed by atoms with Gasteiger partial charge < -0.3 is 14.5 Å². The number of carbonyl (C=O) groups excluding carboxylic acids is 1. The highest BCUT2D eigenvalue weighted by Crippen LogP contribution is 2.38. The summed E-state index contributed by atoms with van der Waals surface area (Å²) in [6, 6.07) is 15.3. The van der Waals surface area contributed by atoms with Crippen molar-refractivity contribution in [2.45, 2.75) is 20.0 Å². The first-order chi connectivity index (χ1) is 16.7. The van der Waals surface area contributed by atoms with E-state index in [1.54, 1.807) is 31.4 Å². The second kappa shape index (κ2) is 9.88. The molecule has 180 valence electrons. The predicted octanol–water partition coefficient (Wildman–Crippen LogP) is 8.21. The van der Waals surface area contributed by atoms with Crippen LogP contribution in [0.4, 0.5) is 18.9 Å². The standard InChI is InChI=1S/C27H21ClF3NO3/c1-3-34-24-14-25-22(23(15-35-25)17-4-8-19(28)9-5-17)13-21(24)16(2)12-26(33)32-20-10-6-18(7-11-20)27(29,30)31/h4-15H,3H2,1-2H3,(H,32,33)/b16-12+. The molecular formula is C27H21ClF3NO3. The molecule has 4 rings (SSSR count). The number of carbonyl (C=O) groups is 1. The Morgan fingerprint density at radius 3 is 2.40 bits per heavy atom. The van der Waals surface area contributed by atoms with E-state index in [-0.39, 0.29) is 5.69 Å². The van der Waals surface area contributed by atoms with Crippen molar-refractivity contribution in [1.82, 2.24) is 0 Å². The lowest BCUT2D eigenvalue weighted by molar-refractivity contribution is -0.137. The Bertz CT molecular complexity index is 1390. The molecule has 0 aliphatic rings. The van der Waals surface area contributed by atoms with Crippen molar-refractivity contribution in [1.29, 1.82) is 0 Å². The summed E-state index contributed by atoms with van der Waals surface area (Å²) >= 11 is 6.01. The van der Waals surface area contributed by atoms with Crippen molar-refractivity contribution in [2.75, 3.05) is 11.9 Å². The average Bonchev–Trinajstić information content (AvgIpc) is 3.22. The summed E-state index contributed by atoms with van der Waals surface area (Å²) in [7, 11) is 0. The zero-order valence-corrected chi connectivity index (χ0v) is 19.6. The molecule has 35 heavy (non-hydrogen) atoms. The molecule has 8 heteroatoms. The van der Waals surface area contributed by atoms with Crippen LogP contribution in [0.5, 0.6) is 5.75 Å². The lowest BCUT2D eigenvalue weighted by Crippen LogP contribution is -2.10. The first-order valence-electron chi connectivity index (χ1n) is 10.8. The number of hydrogen-bond donors (Lipinski definition) is 1. The van der Waals surface area contributed by atoms with E-state index < -0.39 is 17.6 Å². The smallest absolute Gasteiger partial charge is 0.416 e. The van der Waals surface area contributed by atoms with Crippen LogP contribution in [0.25, 0.3) is 27.7 Å². The SMILES string of the molecule is CCOc1cc2occ(-c3ccc(Cl)cc3)c2cc1/C(C)=C/C(=O)Nc1ccc(C(F)(F)F)cc1. The average molecular weight is 500 g/mol. The first-order valence-corrected chi connectivity index (χ1v) is 11.1. The molecule has 1 heterocycles. The molecule has 0 spiro atoms. The summed E-state index contributed by atoms with van der Waals surface area (Å²) in [5.74, 6) is 0.0722. The highest BCUT2D eigenvalue weighted by atomic mass is 35.5. The summed E-state index contributed by atoms with van der Waals surface area (Å²) < 4.78 is 49.8. The fourth-order valence-electron chi connectivity index (χ4n) is 3.69. The zero-order valence-electron chi connectivity index (χ0n) is 18.9. The van der Waals surface area contributed by atoms with Gasteiger partial charge in [-0.1, -0.05) is 23.7 Å². The van der Waals surface area contributed by atoms with Crippen LogP contribution in [0.3, 0.4) is 0 Å². The van der Waals surface area contributed by atoms with E-state index in [2.05, 4.69) is 5.32 Å². The minimum atomic E-state index is -4.44. The predicted molar refractivity (Wildman–Crippen MR) is 132 cm³/mol. The Kier molecular flexibility index (Phi) is 6.89. The van der Waals surface area contributed by atoms with Gasteiger partial charge in [0, 0.05) is 39.4 Å². The van der Waals surface area contributed by atoms with Gasteiger partial charge in [0.05, 0.1) is 18.4 Å². The van der Waals surface area contributed by atoms with Crippen LogP contribution in [0.15, 0.2) is 77.4 Å². The van der Waals surface area contributed by atoms with E-state index in [4.69, 9.17) is 20.8 Å². The summed E-state index contributed by atoms with van der Waals surface area (Å²) in [4.78, 5) is 12.6. The molecule has 1 N–H and O–H groups in total. The van der Waals surface area contributed by atoms with Gasteiger partial charge in [0.1, 0.15) is 11.3 Å². The van der Waals surface area contributed by atoms with Crippen molar-refractivity contribution < 1.29 is 27.1 Å². The van der Waals surface area contributed by atoms with Crippen molar-refractivity contribution in [3.8, 4) is 16.9 Å². The lowest BCUT2D eigenvalue weighted by atomic mass is 9.99. The number of rotatable bonds is 6. The number of furan rings is 1. The van der Waals surface area contributed by atoms with Gasteiger partial charge in [0.2, 0.25) is 5.91 Å². The molecule has 0 atom stereocenters. The van der Waals surface area contributed by atoms with Crippen LogP contribution in [0, 0.1) is 0 Å². The maximum Gasteiger partial charge on any atom is 0.416 e. The highest BCUT2D eigenvalue weighted by Gasteiger charge is 2.30. The first kappa shape index (κ1) is 24.4. The van der Waals surface area contributed by atoms with Crippen LogP contribution in [0.2, 0.25) is 5.02 Å². The molecule has 1 aromatic heterocycles. The number of fused-ring (bicyclic) bond motifs is 1. The number of hydrogen-bond acceptors (Lipinski definition) is 3. The Morgan fingerprint density at radius 1 is 1.09 bits per heavy atom. The maximum absolute atomic E-state index is 12.8. The summed E-state index contributed by atoms with van der Waals surface area (Å²) in [6.45, 7) is 4.03. The highest BCUT2D eigenvalue weighted by molar-refractivity contribution is 6.30. The Hall–Kier alpha value is -3.71. The second-order valence-corrected chi connectivity index (χ2v) is 8.26. The quantitative estimate of drug-likeness (QED) is 0.272. The van der Waals surface area contributed by atoms with Gasteiger partial charge in [-0.2, -0.15) is 13.2 Å². The van der Waals surface area contributed by atoms with Crippen molar-refractivity contribution in [3.05, 3.63) is 89.2 Å². The monoisotopic (exact) mass is 499 g/mol. The van der Waals surface area contributed by atoms with Crippen molar-refractivity contribution in [3.63, 3.8) is 0 Å². The summed E-state index contributed by atoms with van der Waals surface area (Å²) in [6.07, 6.45) is -1.40. The van der Waals surface area contributed by atoms with Gasteiger partial charge in [-0.25, -0.2) is 0 Å². The van der Waals surface area contributed by atoms with E-state index in [9.17, 15) is 18.0 Å². The van der Waals surface area contributed by atoms with E-state index in [0.29, 0.717) is 34.1 Å². The van der Waals surface area contributed by atoms with Gasteiger partial charge >= 0.3 is 6.18 Å². The fourth-order valence-corrected chi connectivity index (χ4v) is 3.81. The Morgan fingerprint density at radius 2 is 1.77 bits per heavy atom. The molecule has 0 aliphatic heterocycles. The Labute approximate surface area is 205 Å². The van der Waals surface area contributed by atoms with Crippen LogP contribution in [0.1, 0.15) is 25.0 Å². The van der Waals surface area contributed by atoms with Gasteiger partial charge in [0.25, 0.3) is 0 Å². The minimum absolute atomic E-state index is 0.257. The normalized spacial score (nSPS) is 12.1. The zero-order chi connectivity index (χ0) is 25.2. The molecule has 3 aromatic carbocycles. The lowest BCUT2D eigenvalue weighted by Gasteiger charge is -2.12. The molecule has 4 nitrogen and oxygen atoms in total. The number of ether oxygens (including phenoxy) is 1. The molecule has 0 aliphatic carbocycles. The third-order valence-electron chi connectivity index (χ3n) is 5.38. The van der Waals surface area contributed by atoms with Gasteiger partial charge in [-0.3, -0.25) is 4.79 Å². The molecule has 4 aromatic rings. The van der Waals surface area contributed by atoms with Crippen molar-refractivity contribution in [2.24, 2.45) is 0 Å².